The lowest BCUT2D eigenvalue weighted by molar-refractivity contribution is 0.476. The molecule has 0 spiro atoms. The van der Waals surface area contributed by atoms with Gasteiger partial charge in [-0.05, 0) is 36.4 Å². The molecule has 3 N–H and O–H groups in total. The largest absolute Gasteiger partial charge is 0.508 e. The van der Waals surface area contributed by atoms with Crippen molar-refractivity contribution in [2.45, 2.75) is 0 Å². The van der Waals surface area contributed by atoms with Gasteiger partial charge in [0.2, 0.25) is 0 Å². The van der Waals surface area contributed by atoms with Crippen LogP contribution in [0.25, 0.3) is 21.8 Å². The Bertz CT molecular complexity index is 729. The Balaban J connectivity index is 2.58. The first-order valence-corrected chi connectivity index (χ1v) is 5.54. The van der Waals surface area contributed by atoms with Crippen LogP contribution in [0.3, 0.4) is 0 Å². The van der Waals surface area contributed by atoms with Gasteiger partial charge in [0.1, 0.15) is 11.5 Å². The van der Waals surface area contributed by atoms with Gasteiger partial charge in [-0.3, -0.25) is 0 Å². The number of rotatable bonds is 0. The van der Waals surface area contributed by atoms with E-state index < -0.39 is 0 Å². The van der Waals surface area contributed by atoms with E-state index >= 15 is 0 Å². The van der Waals surface area contributed by atoms with Crippen LogP contribution >= 0.6 is 12.2 Å². The highest BCUT2D eigenvalue weighted by molar-refractivity contribution is 7.72. The van der Waals surface area contributed by atoms with E-state index in [9.17, 15) is 10.2 Å². The zero-order valence-corrected chi connectivity index (χ0v) is 9.58. The highest BCUT2D eigenvalue weighted by Crippen LogP contribution is 2.27. The Hall–Kier alpha value is -2.07. The van der Waals surface area contributed by atoms with Gasteiger partial charge in [0.25, 0.3) is 0 Å². The topological polar surface area (TPSA) is 56.2 Å². The molecule has 17 heavy (non-hydrogen) atoms. The number of aromatic nitrogens is 1. The van der Waals surface area contributed by atoms with E-state index in [0.29, 0.717) is 4.51 Å². The first kappa shape index (κ1) is 10.1. The number of hydrogen-bond acceptors (Lipinski definition) is 3. The molecule has 0 fully saturated rings. The van der Waals surface area contributed by atoms with Crippen LogP contribution in [-0.2, 0) is 0 Å². The van der Waals surface area contributed by atoms with Gasteiger partial charge in [0.05, 0.1) is 4.51 Å². The standard InChI is InChI=1S/C13H9NO2S/c15-7-1-3-11-9(5-7)13(17)10-6-8(16)2-4-12(10)14-11/h1-6,15-16H,(H,14,17). The van der Waals surface area contributed by atoms with E-state index in [-0.39, 0.29) is 11.5 Å². The van der Waals surface area contributed by atoms with E-state index in [4.69, 9.17) is 12.2 Å². The molecule has 2 aromatic carbocycles. The number of hydrogen-bond donors (Lipinski definition) is 3. The SMILES string of the molecule is Oc1ccc2[nH]c3ccc(O)cc3c(=S)c2c1. The van der Waals surface area contributed by atoms with Crippen LogP contribution in [0.4, 0.5) is 0 Å². The average Bonchev–Trinajstić information content (AvgIpc) is 2.32. The lowest BCUT2D eigenvalue weighted by atomic mass is 10.1. The first-order chi connectivity index (χ1) is 8.15. The zero-order chi connectivity index (χ0) is 12.0. The molecule has 0 aliphatic heterocycles. The first-order valence-electron chi connectivity index (χ1n) is 5.13. The predicted octanol–water partition coefficient (Wildman–Crippen LogP) is 3.46. The van der Waals surface area contributed by atoms with Gasteiger partial charge in [0.15, 0.2) is 0 Å². The molecule has 3 aromatic rings. The van der Waals surface area contributed by atoms with Gasteiger partial charge in [-0.25, -0.2) is 0 Å². The number of fused-ring (bicyclic) bond motifs is 2. The van der Waals surface area contributed by atoms with Crippen LogP contribution in [0.1, 0.15) is 0 Å². The van der Waals surface area contributed by atoms with E-state index in [0.717, 1.165) is 21.8 Å². The number of nitrogens with one attached hydrogen (secondary N) is 1. The van der Waals surface area contributed by atoms with Crippen molar-refractivity contribution in [3.05, 3.63) is 40.9 Å². The van der Waals surface area contributed by atoms with Crippen LogP contribution in [0.15, 0.2) is 36.4 Å². The maximum absolute atomic E-state index is 9.47. The van der Waals surface area contributed by atoms with Crippen LogP contribution in [0.2, 0.25) is 0 Å². The average molecular weight is 243 g/mol. The number of aromatic amines is 1. The molecule has 4 heteroatoms. The summed E-state index contributed by atoms with van der Waals surface area (Å²) >= 11 is 5.37. The van der Waals surface area contributed by atoms with Crippen molar-refractivity contribution in [3.63, 3.8) is 0 Å². The molecular weight excluding hydrogens is 234 g/mol. The number of phenols is 2. The molecule has 3 nitrogen and oxygen atoms in total. The Morgan fingerprint density at radius 2 is 1.29 bits per heavy atom. The molecule has 0 aliphatic carbocycles. The molecule has 84 valence electrons. The van der Waals surface area contributed by atoms with Crippen LogP contribution in [-0.4, -0.2) is 15.2 Å². The lowest BCUT2D eigenvalue weighted by Crippen LogP contribution is -1.84. The number of aromatic hydroxyl groups is 2. The Kier molecular flexibility index (Phi) is 2.06. The predicted molar refractivity (Wildman–Crippen MR) is 70.0 cm³/mol. The van der Waals surface area contributed by atoms with Gasteiger partial charge in [-0.15, -0.1) is 0 Å². The molecular formula is C13H9NO2S. The third-order valence-electron chi connectivity index (χ3n) is 2.76. The Labute approximate surface area is 102 Å². The summed E-state index contributed by atoms with van der Waals surface area (Å²) in [5, 5.41) is 20.5. The van der Waals surface area contributed by atoms with Crippen LogP contribution in [0, 0.1) is 4.51 Å². The molecule has 0 atom stereocenters. The maximum Gasteiger partial charge on any atom is 0.116 e. The van der Waals surface area contributed by atoms with Crippen LogP contribution in [0.5, 0.6) is 11.5 Å². The summed E-state index contributed by atoms with van der Waals surface area (Å²) in [6.45, 7) is 0. The second-order valence-electron chi connectivity index (χ2n) is 3.91. The van der Waals surface area contributed by atoms with Gasteiger partial charge < -0.3 is 15.2 Å². The summed E-state index contributed by atoms with van der Waals surface area (Å²) in [6, 6.07) is 10.0. The van der Waals surface area contributed by atoms with Crippen molar-refractivity contribution in [1.29, 1.82) is 0 Å². The monoisotopic (exact) mass is 243 g/mol. The molecule has 0 saturated heterocycles. The Morgan fingerprint density at radius 1 is 0.824 bits per heavy atom. The van der Waals surface area contributed by atoms with Gasteiger partial charge >= 0.3 is 0 Å². The molecule has 1 heterocycles. The summed E-state index contributed by atoms with van der Waals surface area (Å²) < 4.78 is 0.626. The Morgan fingerprint density at radius 3 is 1.76 bits per heavy atom. The summed E-state index contributed by atoms with van der Waals surface area (Å²) in [6.07, 6.45) is 0. The molecule has 0 aliphatic rings. The van der Waals surface area contributed by atoms with Gasteiger partial charge in [0, 0.05) is 21.8 Å². The third kappa shape index (κ3) is 1.54. The summed E-state index contributed by atoms with van der Waals surface area (Å²) in [7, 11) is 0. The minimum absolute atomic E-state index is 0.177. The van der Waals surface area contributed by atoms with E-state index in [2.05, 4.69) is 4.98 Å². The number of phenolic OH excluding ortho intramolecular Hbond substituents is 2. The van der Waals surface area contributed by atoms with Crippen molar-refractivity contribution in [3.8, 4) is 11.5 Å². The fraction of sp³-hybridized carbons (Fsp3) is 0. The number of pyridine rings is 1. The highest BCUT2D eigenvalue weighted by Gasteiger charge is 2.04. The molecule has 0 radical (unpaired) electrons. The molecule has 0 unspecified atom stereocenters. The minimum Gasteiger partial charge on any atom is -0.508 e. The van der Waals surface area contributed by atoms with Crippen molar-refractivity contribution in [2.75, 3.05) is 0 Å². The molecule has 0 bridgehead atoms. The van der Waals surface area contributed by atoms with Crippen molar-refractivity contribution in [1.82, 2.24) is 4.98 Å². The van der Waals surface area contributed by atoms with Crippen molar-refractivity contribution in [2.24, 2.45) is 0 Å². The smallest absolute Gasteiger partial charge is 0.116 e. The summed E-state index contributed by atoms with van der Waals surface area (Å²) in [4.78, 5) is 3.22. The summed E-state index contributed by atoms with van der Waals surface area (Å²) in [5.41, 5.74) is 1.73. The normalized spacial score (nSPS) is 11.1. The maximum atomic E-state index is 9.47. The lowest BCUT2D eigenvalue weighted by Gasteiger charge is -2.05. The highest BCUT2D eigenvalue weighted by atomic mass is 32.1. The van der Waals surface area contributed by atoms with E-state index in [1.807, 2.05) is 0 Å². The third-order valence-corrected chi connectivity index (χ3v) is 3.20. The van der Waals surface area contributed by atoms with E-state index in [1.165, 1.54) is 0 Å². The second kappa shape index (κ2) is 3.46. The molecule has 1 aromatic heterocycles. The quantitative estimate of drug-likeness (QED) is 0.418. The number of benzene rings is 2. The zero-order valence-electron chi connectivity index (χ0n) is 8.77. The number of H-pyrrole nitrogens is 1. The molecule has 0 amide bonds. The van der Waals surface area contributed by atoms with Crippen molar-refractivity contribution >= 4 is 34.0 Å². The van der Waals surface area contributed by atoms with Gasteiger partial charge in [-0.2, -0.15) is 0 Å². The summed E-state index contributed by atoms with van der Waals surface area (Å²) in [5.74, 6) is 0.355. The minimum atomic E-state index is 0.177. The van der Waals surface area contributed by atoms with Gasteiger partial charge in [-0.1, -0.05) is 12.2 Å². The second-order valence-corrected chi connectivity index (χ2v) is 4.32. The fourth-order valence-electron chi connectivity index (χ4n) is 1.95. The molecule has 3 rings (SSSR count). The van der Waals surface area contributed by atoms with Crippen molar-refractivity contribution < 1.29 is 10.2 Å². The van der Waals surface area contributed by atoms with Crippen LogP contribution < -0.4 is 0 Å². The fourth-order valence-corrected chi connectivity index (χ4v) is 2.29. The van der Waals surface area contributed by atoms with E-state index in [1.54, 1.807) is 36.4 Å². The molecule has 0 saturated carbocycles.